The number of rotatable bonds is 7. The molecule has 84 valence electrons. The lowest BCUT2D eigenvalue weighted by atomic mass is 10.2. The van der Waals surface area contributed by atoms with E-state index in [1.807, 2.05) is 13.8 Å². The molecule has 0 aliphatic heterocycles. The molecule has 0 aliphatic rings. The summed E-state index contributed by atoms with van der Waals surface area (Å²) in [5.74, 6) is 0.970. The Kier molecular flexibility index (Phi) is 4.97. The fourth-order valence-corrected chi connectivity index (χ4v) is 1.36. The number of aromatic nitrogens is 3. The number of nitrogens with one attached hydrogen (secondary N) is 1. The van der Waals surface area contributed by atoms with Crippen LogP contribution in [0.2, 0.25) is 0 Å². The van der Waals surface area contributed by atoms with Gasteiger partial charge in [-0.1, -0.05) is 6.92 Å². The van der Waals surface area contributed by atoms with Crippen LogP contribution in [0.25, 0.3) is 0 Å². The second-order valence-corrected chi connectivity index (χ2v) is 3.31. The molecule has 0 saturated carbocycles. The van der Waals surface area contributed by atoms with Crippen LogP contribution in [0, 0.1) is 0 Å². The van der Waals surface area contributed by atoms with Crippen molar-refractivity contribution in [3.05, 3.63) is 12.2 Å². The first-order valence-corrected chi connectivity index (χ1v) is 5.37. The van der Waals surface area contributed by atoms with E-state index in [-0.39, 0.29) is 5.78 Å². The molecule has 0 saturated heterocycles. The third kappa shape index (κ3) is 3.79. The molecule has 0 aliphatic carbocycles. The molecular weight excluding hydrogens is 192 g/mol. The highest BCUT2D eigenvalue weighted by Crippen LogP contribution is 1.98. The third-order valence-corrected chi connectivity index (χ3v) is 2.18. The van der Waals surface area contributed by atoms with Crippen molar-refractivity contribution >= 4 is 5.78 Å². The molecule has 0 bridgehead atoms. The van der Waals surface area contributed by atoms with Gasteiger partial charge in [0.25, 0.3) is 0 Å². The first-order chi connectivity index (χ1) is 7.27. The van der Waals surface area contributed by atoms with Gasteiger partial charge >= 0.3 is 0 Å². The normalized spacial score (nSPS) is 10.5. The summed E-state index contributed by atoms with van der Waals surface area (Å²) < 4.78 is 1.76. The van der Waals surface area contributed by atoms with Crippen LogP contribution in [0.3, 0.4) is 0 Å². The molecule has 0 atom stereocenters. The lowest BCUT2D eigenvalue weighted by Gasteiger charge is -2.02. The lowest BCUT2D eigenvalue weighted by Crippen LogP contribution is -2.19. The summed E-state index contributed by atoms with van der Waals surface area (Å²) in [5, 5.41) is 7.15. The van der Waals surface area contributed by atoms with Gasteiger partial charge in [-0.2, -0.15) is 5.10 Å². The molecule has 0 radical (unpaired) electrons. The smallest absolute Gasteiger partial charge is 0.141 e. The Labute approximate surface area is 89.9 Å². The van der Waals surface area contributed by atoms with E-state index in [0.717, 1.165) is 25.5 Å². The summed E-state index contributed by atoms with van der Waals surface area (Å²) in [6, 6.07) is 0. The molecule has 0 spiro atoms. The predicted octanol–water partition coefficient (Wildman–Crippen LogP) is 0.409. The Morgan fingerprint density at radius 1 is 1.53 bits per heavy atom. The number of ketones is 1. The van der Waals surface area contributed by atoms with Gasteiger partial charge in [0.15, 0.2) is 0 Å². The van der Waals surface area contributed by atoms with E-state index in [9.17, 15) is 4.79 Å². The number of carbonyl (C=O) groups is 1. The van der Waals surface area contributed by atoms with Crippen LogP contribution in [0.1, 0.15) is 26.1 Å². The zero-order chi connectivity index (χ0) is 11.1. The number of nitrogens with zero attached hydrogens (tertiary/aromatic N) is 3. The van der Waals surface area contributed by atoms with Gasteiger partial charge in [0.2, 0.25) is 0 Å². The van der Waals surface area contributed by atoms with Crippen LogP contribution in [0.15, 0.2) is 6.33 Å². The van der Waals surface area contributed by atoms with E-state index >= 15 is 0 Å². The minimum absolute atomic E-state index is 0.207. The van der Waals surface area contributed by atoms with E-state index in [0.29, 0.717) is 12.8 Å². The van der Waals surface area contributed by atoms with Crippen molar-refractivity contribution in [1.82, 2.24) is 20.1 Å². The fourth-order valence-electron chi connectivity index (χ4n) is 1.36. The highest BCUT2D eigenvalue weighted by molar-refractivity contribution is 5.80. The van der Waals surface area contributed by atoms with E-state index in [4.69, 9.17) is 0 Å². The Morgan fingerprint density at radius 2 is 2.33 bits per heavy atom. The second-order valence-electron chi connectivity index (χ2n) is 3.31. The standard InChI is InChI=1S/C10H18N4O/c1-3-11-6-5-9(15)7-10-12-8-13-14(10)4-2/h8,11H,3-7H2,1-2H3. The summed E-state index contributed by atoms with van der Waals surface area (Å²) in [5.41, 5.74) is 0. The van der Waals surface area contributed by atoms with Gasteiger partial charge < -0.3 is 5.32 Å². The largest absolute Gasteiger partial charge is 0.317 e. The van der Waals surface area contributed by atoms with E-state index < -0.39 is 0 Å². The zero-order valence-corrected chi connectivity index (χ0v) is 9.36. The van der Waals surface area contributed by atoms with Crippen molar-refractivity contribution < 1.29 is 4.79 Å². The van der Waals surface area contributed by atoms with Gasteiger partial charge in [-0.3, -0.25) is 4.79 Å². The Morgan fingerprint density at radius 3 is 3.00 bits per heavy atom. The highest BCUT2D eigenvalue weighted by Gasteiger charge is 2.08. The van der Waals surface area contributed by atoms with Crippen molar-refractivity contribution in [2.75, 3.05) is 13.1 Å². The second kappa shape index (κ2) is 6.29. The van der Waals surface area contributed by atoms with E-state index in [1.54, 1.807) is 4.68 Å². The summed E-state index contributed by atoms with van der Waals surface area (Å²) in [7, 11) is 0. The minimum atomic E-state index is 0.207. The van der Waals surface area contributed by atoms with Crippen LogP contribution < -0.4 is 5.32 Å². The molecule has 1 heterocycles. The summed E-state index contributed by atoms with van der Waals surface area (Å²) in [6.45, 7) is 6.42. The van der Waals surface area contributed by atoms with Crippen molar-refractivity contribution in [3.63, 3.8) is 0 Å². The number of carbonyl (C=O) groups excluding carboxylic acids is 1. The van der Waals surface area contributed by atoms with Gasteiger partial charge in [0, 0.05) is 19.5 Å². The number of aryl methyl sites for hydroxylation is 1. The molecule has 0 amide bonds. The van der Waals surface area contributed by atoms with Crippen molar-refractivity contribution in [3.8, 4) is 0 Å². The first-order valence-electron chi connectivity index (χ1n) is 5.37. The van der Waals surface area contributed by atoms with Gasteiger partial charge in [-0.25, -0.2) is 9.67 Å². The quantitative estimate of drug-likeness (QED) is 0.662. The minimum Gasteiger partial charge on any atom is -0.317 e. The van der Waals surface area contributed by atoms with E-state index in [1.165, 1.54) is 6.33 Å². The summed E-state index contributed by atoms with van der Waals surface area (Å²) >= 11 is 0. The van der Waals surface area contributed by atoms with Gasteiger partial charge in [-0.15, -0.1) is 0 Å². The SMILES string of the molecule is CCNCCC(=O)Cc1ncnn1CC. The molecule has 0 unspecified atom stereocenters. The number of Topliss-reactive ketones (excluding diaryl/α,β-unsaturated/α-hetero) is 1. The number of hydrogen-bond donors (Lipinski definition) is 1. The van der Waals surface area contributed by atoms with Crippen LogP contribution in [-0.2, 0) is 17.8 Å². The van der Waals surface area contributed by atoms with Gasteiger partial charge in [0.05, 0.1) is 6.42 Å². The number of hydrogen-bond acceptors (Lipinski definition) is 4. The maximum atomic E-state index is 11.5. The average molecular weight is 210 g/mol. The van der Waals surface area contributed by atoms with Crippen LogP contribution in [-0.4, -0.2) is 33.6 Å². The van der Waals surface area contributed by atoms with E-state index in [2.05, 4.69) is 15.4 Å². The Balaban J connectivity index is 2.37. The summed E-state index contributed by atoms with van der Waals surface area (Å²) in [6.07, 6.45) is 2.44. The molecular formula is C10H18N4O. The monoisotopic (exact) mass is 210 g/mol. The van der Waals surface area contributed by atoms with Gasteiger partial charge in [-0.05, 0) is 13.5 Å². The topological polar surface area (TPSA) is 59.8 Å². The zero-order valence-electron chi connectivity index (χ0n) is 9.36. The van der Waals surface area contributed by atoms with Crippen molar-refractivity contribution in [2.24, 2.45) is 0 Å². The maximum Gasteiger partial charge on any atom is 0.141 e. The molecule has 1 aromatic rings. The van der Waals surface area contributed by atoms with Crippen LogP contribution in [0.5, 0.6) is 0 Å². The maximum absolute atomic E-state index is 11.5. The molecule has 5 nitrogen and oxygen atoms in total. The molecule has 1 aromatic heterocycles. The molecule has 1 rings (SSSR count). The van der Waals surface area contributed by atoms with Crippen LogP contribution >= 0.6 is 0 Å². The predicted molar refractivity (Wildman–Crippen MR) is 57.6 cm³/mol. The Bertz CT molecular complexity index is 308. The highest BCUT2D eigenvalue weighted by atomic mass is 16.1. The molecule has 0 aromatic carbocycles. The molecule has 1 N–H and O–H groups in total. The van der Waals surface area contributed by atoms with Gasteiger partial charge in [0.1, 0.15) is 17.9 Å². The lowest BCUT2D eigenvalue weighted by molar-refractivity contribution is -0.118. The summed E-state index contributed by atoms with van der Waals surface area (Å²) in [4.78, 5) is 15.6. The fraction of sp³-hybridized carbons (Fsp3) is 0.700. The average Bonchev–Trinajstić information content (AvgIpc) is 2.65. The van der Waals surface area contributed by atoms with Crippen molar-refractivity contribution in [1.29, 1.82) is 0 Å². The Hall–Kier alpha value is -1.23. The molecule has 0 fully saturated rings. The third-order valence-electron chi connectivity index (χ3n) is 2.18. The van der Waals surface area contributed by atoms with Crippen molar-refractivity contribution in [2.45, 2.75) is 33.2 Å². The van der Waals surface area contributed by atoms with Crippen LogP contribution in [0.4, 0.5) is 0 Å². The first kappa shape index (κ1) is 11.8. The molecule has 15 heavy (non-hydrogen) atoms. The molecule has 5 heteroatoms.